The average Bonchev–Trinajstić information content (AvgIpc) is 3.17. The molecule has 1 fully saturated rings. The molecule has 128 valence electrons. The van der Waals surface area contributed by atoms with Gasteiger partial charge >= 0.3 is 0 Å². The second-order valence-corrected chi connectivity index (χ2v) is 7.82. The Labute approximate surface area is 143 Å². The third-order valence-electron chi connectivity index (χ3n) is 4.36. The summed E-state index contributed by atoms with van der Waals surface area (Å²) in [4.78, 5) is 27.5. The van der Waals surface area contributed by atoms with Gasteiger partial charge in [-0.3, -0.25) is 9.59 Å². The molecule has 1 aromatic heterocycles. The van der Waals surface area contributed by atoms with Gasteiger partial charge in [0.25, 0.3) is 5.91 Å². The van der Waals surface area contributed by atoms with Gasteiger partial charge in [-0.15, -0.1) is 11.3 Å². The molecule has 2 heterocycles. The first-order valence-corrected chi connectivity index (χ1v) is 9.52. The van der Waals surface area contributed by atoms with Crippen LogP contribution in [-0.2, 0) is 4.79 Å². The number of amides is 2. The Bertz CT molecular complexity index is 513. The molecule has 0 spiro atoms. The van der Waals surface area contributed by atoms with E-state index in [0.717, 1.165) is 30.6 Å². The third-order valence-corrected chi connectivity index (χ3v) is 5.21. The second kappa shape index (κ2) is 8.48. The van der Waals surface area contributed by atoms with Crippen molar-refractivity contribution in [1.29, 1.82) is 0 Å². The molecule has 23 heavy (non-hydrogen) atoms. The van der Waals surface area contributed by atoms with E-state index in [-0.39, 0.29) is 23.9 Å². The van der Waals surface area contributed by atoms with E-state index in [1.54, 1.807) is 4.90 Å². The minimum atomic E-state index is -0.308. The van der Waals surface area contributed by atoms with Crippen molar-refractivity contribution in [3.05, 3.63) is 22.4 Å². The van der Waals surface area contributed by atoms with Crippen molar-refractivity contribution in [3.8, 4) is 0 Å². The number of carbonyl (C=O) groups excluding carboxylic acids is 2. The standard InChI is InChI=1S/C18H28N2O2S/c1-13(2)7-4-8-14(3)19-17(21)15-9-5-11-20(15)18(22)16-10-6-12-23-16/h6,10,12-15H,4-5,7-9,11H2,1-3H3,(H,19,21). The first-order valence-electron chi connectivity index (χ1n) is 8.64. The summed E-state index contributed by atoms with van der Waals surface area (Å²) in [5, 5.41) is 4.99. The van der Waals surface area contributed by atoms with Crippen LogP contribution in [0.3, 0.4) is 0 Å². The number of hydrogen-bond acceptors (Lipinski definition) is 3. The SMILES string of the molecule is CC(C)CCCC(C)NC(=O)C1CCCN1C(=O)c1cccs1. The number of rotatable bonds is 7. The number of thiophene rings is 1. The van der Waals surface area contributed by atoms with Crippen molar-refractivity contribution >= 4 is 23.2 Å². The summed E-state index contributed by atoms with van der Waals surface area (Å²) in [6, 6.07) is 3.56. The first kappa shape index (κ1) is 18.0. The van der Waals surface area contributed by atoms with Crippen LogP contribution in [0.25, 0.3) is 0 Å². The molecule has 2 rings (SSSR count). The van der Waals surface area contributed by atoms with Crippen LogP contribution in [0.1, 0.15) is 62.5 Å². The highest BCUT2D eigenvalue weighted by atomic mass is 32.1. The minimum absolute atomic E-state index is 0.00412. The molecule has 0 bridgehead atoms. The number of hydrogen-bond donors (Lipinski definition) is 1. The van der Waals surface area contributed by atoms with Gasteiger partial charge < -0.3 is 10.2 Å². The largest absolute Gasteiger partial charge is 0.352 e. The van der Waals surface area contributed by atoms with E-state index in [4.69, 9.17) is 0 Å². The van der Waals surface area contributed by atoms with Crippen LogP contribution in [0.15, 0.2) is 17.5 Å². The molecule has 0 saturated carbocycles. The van der Waals surface area contributed by atoms with Gasteiger partial charge in [-0.05, 0) is 43.6 Å². The second-order valence-electron chi connectivity index (χ2n) is 6.87. The highest BCUT2D eigenvalue weighted by Gasteiger charge is 2.35. The molecule has 2 atom stereocenters. The van der Waals surface area contributed by atoms with E-state index < -0.39 is 0 Å². The molecule has 1 aliphatic rings. The molecule has 1 saturated heterocycles. The molecule has 0 aliphatic carbocycles. The lowest BCUT2D eigenvalue weighted by atomic mass is 10.0. The van der Waals surface area contributed by atoms with Gasteiger partial charge in [0.05, 0.1) is 4.88 Å². The summed E-state index contributed by atoms with van der Waals surface area (Å²) < 4.78 is 0. The number of carbonyl (C=O) groups is 2. The zero-order valence-electron chi connectivity index (χ0n) is 14.4. The Morgan fingerprint density at radius 3 is 2.78 bits per heavy atom. The molecule has 2 unspecified atom stereocenters. The lowest BCUT2D eigenvalue weighted by Gasteiger charge is -2.25. The van der Waals surface area contributed by atoms with E-state index in [9.17, 15) is 9.59 Å². The highest BCUT2D eigenvalue weighted by Crippen LogP contribution is 2.22. The maximum atomic E-state index is 12.5. The summed E-state index contributed by atoms with van der Waals surface area (Å²) in [5.41, 5.74) is 0. The molecule has 1 aromatic rings. The van der Waals surface area contributed by atoms with Gasteiger partial charge in [0, 0.05) is 12.6 Å². The van der Waals surface area contributed by atoms with Gasteiger partial charge in [0.1, 0.15) is 6.04 Å². The van der Waals surface area contributed by atoms with Crippen LogP contribution in [0.4, 0.5) is 0 Å². The molecular weight excluding hydrogens is 308 g/mol. The van der Waals surface area contributed by atoms with E-state index in [2.05, 4.69) is 26.1 Å². The predicted molar refractivity (Wildman–Crippen MR) is 94.7 cm³/mol. The maximum absolute atomic E-state index is 12.5. The molecule has 2 amide bonds. The molecular formula is C18H28N2O2S. The fraction of sp³-hybridized carbons (Fsp3) is 0.667. The van der Waals surface area contributed by atoms with Crippen molar-refractivity contribution in [3.63, 3.8) is 0 Å². The summed E-state index contributed by atoms with van der Waals surface area (Å²) in [7, 11) is 0. The smallest absolute Gasteiger partial charge is 0.264 e. The first-order chi connectivity index (χ1) is 11.0. The fourth-order valence-corrected chi connectivity index (χ4v) is 3.75. The van der Waals surface area contributed by atoms with Crippen LogP contribution in [-0.4, -0.2) is 35.3 Å². The van der Waals surface area contributed by atoms with Crippen molar-refractivity contribution < 1.29 is 9.59 Å². The molecule has 1 aliphatic heterocycles. The molecule has 4 nitrogen and oxygen atoms in total. The number of nitrogens with one attached hydrogen (secondary N) is 1. The van der Waals surface area contributed by atoms with E-state index >= 15 is 0 Å². The number of nitrogens with zero attached hydrogens (tertiary/aromatic N) is 1. The molecule has 1 N–H and O–H groups in total. The van der Waals surface area contributed by atoms with Gasteiger partial charge in [-0.25, -0.2) is 0 Å². The van der Waals surface area contributed by atoms with Gasteiger partial charge in [-0.2, -0.15) is 0 Å². The highest BCUT2D eigenvalue weighted by molar-refractivity contribution is 7.12. The van der Waals surface area contributed by atoms with E-state index in [1.165, 1.54) is 17.8 Å². The van der Waals surface area contributed by atoms with Crippen molar-refractivity contribution in [2.45, 2.75) is 65.0 Å². The number of likely N-dealkylation sites (tertiary alicyclic amines) is 1. The Balaban J connectivity index is 1.86. The van der Waals surface area contributed by atoms with Crippen molar-refractivity contribution in [2.24, 2.45) is 5.92 Å². The molecule has 5 heteroatoms. The lowest BCUT2D eigenvalue weighted by Crippen LogP contribution is -2.48. The van der Waals surface area contributed by atoms with Crippen molar-refractivity contribution in [2.75, 3.05) is 6.54 Å². The van der Waals surface area contributed by atoms with Gasteiger partial charge in [0.15, 0.2) is 0 Å². The fourth-order valence-electron chi connectivity index (χ4n) is 3.07. The quantitative estimate of drug-likeness (QED) is 0.825. The Morgan fingerprint density at radius 1 is 1.35 bits per heavy atom. The van der Waals surface area contributed by atoms with Crippen LogP contribution < -0.4 is 5.32 Å². The summed E-state index contributed by atoms with van der Waals surface area (Å²) in [6.45, 7) is 7.17. The Kier molecular flexibility index (Phi) is 6.63. The minimum Gasteiger partial charge on any atom is -0.352 e. The van der Waals surface area contributed by atoms with Gasteiger partial charge in [-0.1, -0.05) is 32.8 Å². The van der Waals surface area contributed by atoms with Crippen LogP contribution in [0.5, 0.6) is 0 Å². The molecule has 0 radical (unpaired) electrons. The Hall–Kier alpha value is -1.36. The normalized spacial score (nSPS) is 19.1. The monoisotopic (exact) mass is 336 g/mol. The lowest BCUT2D eigenvalue weighted by molar-refractivity contribution is -0.125. The predicted octanol–water partition coefficient (Wildman–Crippen LogP) is 3.68. The Morgan fingerprint density at radius 2 is 2.13 bits per heavy atom. The maximum Gasteiger partial charge on any atom is 0.264 e. The zero-order chi connectivity index (χ0) is 16.8. The zero-order valence-corrected chi connectivity index (χ0v) is 15.2. The average molecular weight is 337 g/mol. The third kappa shape index (κ3) is 5.06. The van der Waals surface area contributed by atoms with E-state index in [1.807, 2.05) is 17.5 Å². The van der Waals surface area contributed by atoms with Gasteiger partial charge in [0.2, 0.25) is 5.91 Å². The summed E-state index contributed by atoms with van der Waals surface area (Å²) in [5.74, 6) is 0.696. The van der Waals surface area contributed by atoms with Crippen LogP contribution in [0, 0.1) is 5.92 Å². The van der Waals surface area contributed by atoms with E-state index in [0.29, 0.717) is 12.5 Å². The summed E-state index contributed by atoms with van der Waals surface area (Å²) >= 11 is 1.44. The topological polar surface area (TPSA) is 49.4 Å². The summed E-state index contributed by atoms with van der Waals surface area (Å²) in [6.07, 6.45) is 4.97. The van der Waals surface area contributed by atoms with Crippen LogP contribution >= 0.6 is 11.3 Å². The van der Waals surface area contributed by atoms with Crippen molar-refractivity contribution in [1.82, 2.24) is 10.2 Å². The molecule has 0 aromatic carbocycles. The van der Waals surface area contributed by atoms with Crippen LogP contribution in [0.2, 0.25) is 0 Å².